The normalized spacial score (nSPS) is 20.2. The van der Waals surface area contributed by atoms with Crippen LogP contribution in [0, 0.1) is 6.92 Å². The molecule has 0 spiro atoms. The Hall–Kier alpha value is -2.06. The number of thioether (sulfide) groups is 1. The van der Waals surface area contributed by atoms with Crippen molar-refractivity contribution >= 4 is 29.5 Å². The molecule has 0 bridgehead atoms. The third kappa shape index (κ3) is 5.05. The molecule has 0 radical (unpaired) electrons. The van der Waals surface area contributed by atoms with Crippen LogP contribution in [-0.2, 0) is 14.4 Å². The van der Waals surface area contributed by atoms with Crippen molar-refractivity contribution < 1.29 is 19.6 Å². The number of carbonyl (C=O) groups is 3. The summed E-state index contributed by atoms with van der Waals surface area (Å²) in [6.45, 7) is 6.27. The van der Waals surface area contributed by atoms with Crippen LogP contribution in [0.5, 0.6) is 0 Å². The van der Waals surface area contributed by atoms with Gasteiger partial charge in [-0.15, -0.1) is 11.8 Å². The molecule has 1 saturated heterocycles. The van der Waals surface area contributed by atoms with Crippen molar-refractivity contribution in [3.05, 3.63) is 35.4 Å². The molecule has 0 aromatic heterocycles. The lowest BCUT2D eigenvalue weighted by Crippen LogP contribution is -2.47. The summed E-state index contributed by atoms with van der Waals surface area (Å²) in [6, 6.07) is 6.90. The summed E-state index contributed by atoms with van der Waals surface area (Å²) in [4.78, 5) is 40.7. The highest BCUT2D eigenvalue weighted by Gasteiger charge is 2.45. The zero-order chi connectivity index (χ0) is 20.8. The van der Waals surface area contributed by atoms with Crippen LogP contribution in [0.4, 0.5) is 0 Å². The molecule has 154 valence electrons. The second kappa shape index (κ2) is 9.93. The zero-order valence-electron chi connectivity index (χ0n) is 16.8. The molecular formula is C20H29N3O4S. The molecule has 3 atom stereocenters. The Balaban J connectivity index is 2.23. The predicted molar refractivity (Wildman–Crippen MR) is 109 cm³/mol. The van der Waals surface area contributed by atoms with Crippen LogP contribution in [0.3, 0.4) is 0 Å². The standard InChI is InChI=1S/C20H29N3O4S/c1-5-6-11-22(4)17(24)12-16-19(26)23(14(3)18(25)21-27)20(28-16)15-9-7-13(2)8-10-15/h7-10,14,16,20,27H,5-6,11-12H2,1-4H3,(H,21,25). The van der Waals surface area contributed by atoms with Gasteiger partial charge < -0.3 is 9.80 Å². The summed E-state index contributed by atoms with van der Waals surface area (Å²) in [5.41, 5.74) is 3.60. The molecule has 0 aliphatic carbocycles. The lowest BCUT2D eigenvalue weighted by Gasteiger charge is -2.29. The first-order valence-corrected chi connectivity index (χ1v) is 10.5. The monoisotopic (exact) mass is 407 g/mol. The number of unbranched alkanes of at least 4 members (excludes halogenated alkanes) is 1. The van der Waals surface area contributed by atoms with Gasteiger partial charge in [-0.1, -0.05) is 43.2 Å². The molecule has 7 nitrogen and oxygen atoms in total. The number of nitrogens with zero attached hydrogens (tertiary/aromatic N) is 2. The van der Waals surface area contributed by atoms with Gasteiger partial charge in [0.2, 0.25) is 11.8 Å². The van der Waals surface area contributed by atoms with Gasteiger partial charge in [0, 0.05) is 20.0 Å². The lowest BCUT2D eigenvalue weighted by atomic mass is 10.1. The zero-order valence-corrected chi connectivity index (χ0v) is 17.7. The SMILES string of the molecule is CCCCN(C)C(=O)CC1SC(c2ccc(C)cc2)N(C(C)C(=O)NO)C1=O. The van der Waals surface area contributed by atoms with Gasteiger partial charge in [0.05, 0.1) is 5.25 Å². The maximum Gasteiger partial charge on any atom is 0.265 e. The van der Waals surface area contributed by atoms with Crippen molar-refractivity contribution in [2.75, 3.05) is 13.6 Å². The molecule has 28 heavy (non-hydrogen) atoms. The van der Waals surface area contributed by atoms with Crippen molar-refractivity contribution in [2.24, 2.45) is 0 Å². The van der Waals surface area contributed by atoms with E-state index in [9.17, 15) is 14.4 Å². The molecule has 2 N–H and O–H groups in total. The third-order valence-electron chi connectivity index (χ3n) is 4.98. The van der Waals surface area contributed by atoms with E-state index in [1.165, 1.54) is 16.7 Å². The summed E-state index contributed by atoms with van der Waals surface area (Å²) >= 11 is 1.38. The summed E-state index contributed by atoms with van der Waals surface area (Å²) in [7, 11) is 1.75. The Morgan fingerprint density at radius 2 is 1.96 bits per heavy atom. The smallest absolute Gasteiger partial charge is 0.265 e. The Labute approximate surface area is 170 Å². The number of hydrogen-bond acceptors (Lipinski definition) is 5. The molecule has 3 unspecified atom stereocenters. The Morgan fingerprint density at radius 3 is 2.54 bits per heavy atom. The average molecular weight is 408 g/mol. The first kappa shape index (κ1) is 22.2. The highest BCUT2D eigenvalue weighted by molar-refractivity contribution is 8.01. The minimum atomic E-state index is -0.853. The van der Waals surface area contributed by atoms with Crippen LogP contribution in [0.25, 0.3) is 0 Å². The maximum atomic E-state index is 13.1. The van der Waals surface area contributed by atoms with Crippen LogP contribution in [0.1, 0.15) is 49.6 Å². The van der Waals surface area contributed by atoms with E-state index >= 15 is 0 Å². The second-order valence-corrected chi connectivity index (χ2v) is 8.45. The number of hydroxylamine groups is 1. The predicted octanol–water partition coefficient (Wildman–Crippen LogP) is 2.48. The van der Waals surface area contributed by atoms with Gasteiger partial charge >= 0.3 is 0 Å². The minimum absolute atomic E-state index is 0.0805. The number of carbonyl (C=O) groups excluding carboxylic acids is 3. The van der Waals surface area contributed by atoms with Gasteiger partial charge in [-0.3, -0.25) is 19.6 Å². The van der Waals surface area contributed by atoms with Gasteiger partial charge in [0.25, 0.3) is 5.91 Å². The highest BCUT2D eigenvalue weighted by Crippen LogP contribution is 2.45. The summed E-state index contributed by atoms with van der Waals surface area (Å²) < 4.78 is 0. The molecule has 1 heterocycles. The fourth-order valence-corrected chi connectivity index (χ4v) is 4.63. The van der Waals surface area contributed by atoms with E-state index in [4.69, 9.17) is 5.21 Å². The summed E-state index contributed by atoms with van der Waals surface area (Å²) in [5, 5.41) is 8.06. The summed E-state index contributed by atoms with van der Waals surface area (Å²) in [6.07, 6.45) is 2.00. The number of nitrogens with one attached hydrogen (secondary N) is 1. The second-order valence-electron chi connectivity index (χ2n) is 7.16. The molecular weight excluding hydrogens is 378 g/mol. The Morgan fingerprint density at radius 1 is 1.32 bits per heavy atom. The molecule has 1 fully saturated rings. The van der Waals surface area contributed by atoms with Crippen molar-refractivity contribution in [2.45, 2.75) is 56.7 Å². The van der Waals surface area contributed by atoms with Crippen LogP contribution in [0.15, 0.2) is 24.3 Å². The molecule has 1 aromatic carbocycles. The number of rotatable bonds is 8. The Bertz CT molecular complexity index is 710. The first-order valence-electron chi connectivity index (χ1n) is 9.52. The number of amides is 3. The maximum absolute atomic E-state index is 13.1. The minimum Gasteiger partial charge on any atom is -0.346 e. The van der Waals surface area contributed by atoms with E-state index in [0.29, 0.717) is 6.54 Å². The number of hydrogen-bond donors (Lipinski definition) is 2. The van der Waals surface area contributed by atoms with Crippen molar-refractivity contribution in [1.29, 1.82) is 0 Å². The quantitative estimate of drug-likeness (QED) is 0.510. The largest absolute Gasteiger partial charge is 0.346 e. The van der Waals surface area contributed by atoms with Crippen LogP contribution >= 0.6 is 11.8 Å². The van der Waals surface area contributed by atoms with E-state index in [1.54, 1.807) is 24.4 Å². The van der Waals surface area contributed by atoms with Gasteiger partial charge in [-0.2, -0.15) is 0 Å². The fourth-order valence-electron chi connectivity index (χ4n) is 3.11. The van der Waals surface area contributed by atoms with Crippen LogP contribution in [0.2, 0.25) is 0 Å². The van der Waals surface area contributed by atoms with Crippen molar-refractivity contribution in [3.63, 3.8) is 0 Å². The lowest BCUT2D eigenvalue weighted by molar-refractivity contribution is -0.144. The van der Waals surface area contributed by atoms with Gasteiger partial charge in [-0.25, -0.2) is 5.48 Å². The van der Waals surface area contributed by atoms with E-state index in [1.807, 2.05) is 31.2 Å². The molecule has 0 saturated carbocycles. The Kier molecular flexibility index (Phi) is 7.88. The topological polar surface area (TPSA) is 90.0 Å². The fraction of sp³-hybridized carbons (Fsp3) is 0.550. The summed E-state index contributed by atoms with van der Waals surface area (Å²) in [5.74, 6) is -0.995. The molecule has 1 aromatic rings. The number of aryl methyl sites for hydroxylation is 1. The van der Waals surface area contributed by atoms with Crippen molar-refractivity contribution in [3.8, 4) is 0 Å². The van der Waals surface area contributed by atoms with E-state index in [0.717, 1.165) is 24.0 Å². The van der Waals surface area contributed by atoms with Gasteiger partial charge in [0.15, 0.2) is 0 Å². The first-order chi connectivity index (χ1) is 13.3. The molecule has 8 heteroatoms. The van der Waals surface area contributed by atoms with Crippen LogP contribution < -0.4 is 5.48 Å². The van der Waals surface area contributed by atoms with Gasteiger partial charge in [-0.05, 0) is 25.8 Å². The average Bonchev–Trinajstić information content (AvgIpc) is 3.01. The van der Waals surface area contributed by atoms with E-state index < -0.39 is 17.2 Å². The van der Waals surface area contributed by atoms with E-state index in [-0.39, 0.29) is 23.6 Å². The number of benzene rings is 1. The van der Waals surface area contributed by atoms with Crippen LogP contribution in [-0.4, -0.2) is 57.6 Å². The van der Waals surface area contributed by atoms with Crippen molar-refractivity contribution in [1.82, 2.24) is 15.3 Å². The molecule has 2 rings (SSSR count). The third-order valence-corrected chi connectivity index (χ3v) is 6.43. The highest BCUT2D eigenvalue weighted by atomic mass is 32.2. The van der Waals surface area contributed by atoms with Gasteiger partial charge in [0.1, 0.15) is 11.4 Å². The molecule has 3 amide bonds. The van der Waals surface area contributed by atoms with E-state index in [2.05, 4.69) is 6.92 Å². The molecule has 1 aliphatic heterocycles. The molecule has 1 aliphatic rings.